The molecule has 0 saturated carbocycles. The highest BCUT2D eigenvalue weighted by Gasteiger charge is 2.19. The average Bonchev–Trinajstić information content (AvgIpc) is 2.82. The maximum absolute atomic E-state index is 5.77. The molecule has 0 saturated heterocycles. The number of alkyl halides is 1. The largest absolute Gasteiger partial charge is 0.347 e. The number of anilines is 1. The summed E-state index contributed by atoms with van der Waals surface area (Å²) in [7, 11) is 0. The minimum atomic E-state index is 0.404. The monoisotopic (exact) mass is 245 g/mol. The molecule has 4 heteroatoms. The molecule has 0 amide bonds. The number of hydrogen-bond donors (Lipinski definition) is 0. The molecule has 1 aromatic heterocycles. The van der Waals surface area contributed by atoms with E-state index in [1.165, 1.54) is 11.1 Å². The third kappa shape index (κ3) is 1.98. The van der Waals surface area contributed by atoms with E-state index in [0.717, 1.165) is 24.6 Å². The van der Waals surface area contributed by atoms with Crippen LogP contribution in [-0.4, -0.2) is 9.97 Å². The normalized spacial score (nSPS) is 13.8. The molecule has 0 unspecified atom stereocenters. The van der Waals surface area contributed by atoms with E-state index in [-0.39, 0.29) is 0 Å². The molecule has 0 bridgehead atoms. The van der Waals surface area contributed by atoms with Crippen LogP contribution in [-0.2, 0) is 19.0 Å². The van der Waals surface area contributed by atoms with E-state index in [2.05, 4.69) is 39.1 Å². The van der Waals surface area contributed by atoms with Crippen LogP contribution in [0.25, 0.3) is 0 Å². The maximum Gasteiger partial charge on any atom is 0.148 e. The van der Waals surface area contributed by atoms with Gasteiger partial charge in [-0.15, -0.1) is 11.6 Å². The summed E-state index contributed by atoms with van der Waals surface area (Å²) >= 11 is 5.77. The molecule has 3 rings (SSSR count). The molecule has 0 N–H and O–H groups in total. The van der Waals surface area contributed by atoms with Gasteiger partial charge >= 0.3 is 0 Å². The molecule has 0 radical (unpaired) electrons. The highest BCUT2D eigenvalue weighted by atomic mass is 35.5. The zero-order valence-corrected chi connectivity index (χ0v) is 10.1. The van der Waals surface area contributed by atoms with Crippen LogP contribution < -0.4 is 4.90 Å². The van der Waals surface area contributed by atoms with Crippen LogP contribution in [0.3, 0.4) is 0 Å². The second-order valence-electron chi connectivity index (χ2n) is 4.13. The van der Waals surface area contributed by atoms with Crippen molar-refractivity contribution >= 4 is 17.4 Å². The summed E-state index contributed by atoms with van der Waals surface area (Å²) < 4.78 is 0. The fourth-order valence-electron chi connectivity index (χ4n) is 2.11. The molecule has 0 aliphatic carbocycles. The Balaban J connectivity index is 1.88. The summed E-state index contributed by atoms with van der Waals surface area (Å²) in [6, 6.07) is 8.47. The van der Waals surface area contributed by atoms with Gasteiger partial charge in [0.1, 0.15) is 5.82 Å². The van der Waals surface area contributed by atoms with E-state index < -0.39 is 0 Å². The fraction of sp³-hybridized carbons (Fsp3) is 0.231. The second kappa shape index (κ2) is 4.34. The number of benzene rings is 1. The smallest absolute Gasteiger partial charge is 0.148 e. The number of nitrogens with zero attached hydrogens (tertiary/aromatic N) is 3. The van der Waals surface area contributed by atoms with Gasteiger partial charge in [-0.25, -0.2) is 4.98 Å². The van der Waals surface area contributed by atoms with Crippen molar-refractivity contribution in [1.82, 2.24) is 9.97 Å². The Bertz CT molecular complexity index is 517. The first-order chi connectivity index (χ1) is 8.36. The number of rotatable bonds is 2. The lowest BCUT2D eigenvalue weighted by atomic mass is 10.1. The third-order valence-corrected chi connectivity index (χ3v) is 3.25. The maximum atomic E-state index is 5.77. The third-order valence-electron chi connectivity index (χ3n) is 2.97. The van der Waals surface area contributed by atoms with Crippen molar-refractivity contribution in [3.05, 3.63) is 53.5 Å². The Kier molecular flexibility index (Phi) is 2.69. The highest BCUT2D eigenvalue weighted by molar-refractivity contribution is 6.16. The van der Waals surface area contributed by atoms with E-state index in [4.69, 9.17) is 11.6 Å². The van der Waals surface area contributed by atoms with Gasteiger partial charge in [-0.2, -0.15) is 0 Å². The zero-order chi connectivity index (χ0) is 11.7. The summed E-state index contributed by atoms with van der Waals surface area (Å²) in [5, 5.41) is 0. The van der Waals surface area contributed by atoms with E-state index in [1.807, 2.05) is 0 Å². The molecular formula is C13H12ClN3. The molecule has 0 atom stereocenters. The molecule has 0 fully saturated rings. The van der Waals surface area contributed by atoms with E-state index in [0.29, 0.717) is 5.88 Å². The van der Waals surface area contributed by atoms with E-state index >= 15 is 0 Å². The van der Waals surface area contributed by atoms with Gasteiger partial charge in [0, 0.05) is 19.3 Å². The van der Waals surface area contributed by atoms with Crippen molar-refractivity contribution in [2.24, 2.45) is 0 Å². The summed E-state index contributed by atoms with van der Waals surface area (Å²) in [6.45, 7) is 1.80. The van der Waals surface area contributed by atoms with Crippen LogP contribution in [0.1, 0.15) is 16.8 Å². The van der Waals surface area contributed by atoms with Gasteiger partial charge in [-0.3, -0.25) is 4.98 Å². The molecule has 2 aromatic rings. The molecule has 2 heterocycles. The average molecular weight is 246 g/mol. The van der Waals surface area contributed by atoms with Gasteiger partial charge in [0.25, 0.3) is 0 Å². The molecule has 3 nitrogen and oxygen atoms in total. The molecule has 1 aromatic carbocycles. The first-order valence-corrected chi connectivity index (χ1v) is 6.09. The van der Waals surface area contributed by atoms with Crippen LogP contribution in [0.2, 0.25) is 0 Å². The van der Waals surface area contributed by atoms with Crippen molar-refractivity contribution in [2.45, 2.75) is 19.0 Å². The summed E-state index contributed by atoms with van der Waals surface area (Å²) in [5.41, 5.74) is 3.55. The van der Waals surface area contributed by atoms with Gasteiger partial charge < -0.3 is 4.90 Å². The minimum absolute atomic E-state index is 0.404. The van der Waals surface area contributed by atoms with Crippen LogP contribution in [0.5, 0.6) is 0 Å². The van der Waals surface area contributed by atoms with Crippen LogP contribution in [0.15, 0.2) is 36.7 Å². The van der Waals surface area contributed by atoms with Gasteiger partial charge in [0.2, 0.25) is 0 Å². The Morgan fingerprint density at radius 3 is 2.47 bits per heavy atom. The second-order valence-corrected chi connectivity index (χ2v) is 4.39. The van der Waals surface area contributed by atoms with E-state index in [9.17, 15) is 0 Å². The van der Waals surface area contributed by atoms with Gasteiger partial charge in [-0.05, 0) is 11.1 Å². The molecule has 1 aliphatic heterocycles. The van der Waals surface area contributed by atoms with Gasteiger partial charge in [0.05, 0.1) is 17.8 Å². The minimum Gasteiger partial charge on any atom is -0.347 e. The van der Waals surface area contributed by atoms with Crippen LogP contribution in [0.4, 0.5) is 5.82 Å². The number of halogens is 1. The lowest BCUT2D eigenvalue weighted by Crippen LogP contribution is -2.16. The lowest BCUT2D eigenvalue weighted by Gasteiger charge is -2.16. The predicted molar refractivity (Wildman–Crippen MR) is 67.9 cm³/mol. The quantitative estimate of drug-likeness (QED) is 0.762. The van der Waals surface area contributed by atoms with Crippen molar-refractivity contribution in [2.75, 3.05) is 4.90 Å². The Morgan fingerprint density at radius 2 is 1.82 bits per heavy atom. The SMILES string of the molecule is ClCc1cncc(N2Cc3ccccc3C2)n1. The van der Waals surface area contributed by atoms with E-state index in [1.54, 1.807) is 12.4 Å². The Hall–Kier alpha value is -1.61. The van der Waals surface area contributed by atoms with Crippen LogP contribution >= 0.6 is 11.6 Å². The standard InChI is InChI=1S/C13H12ClN3/c14-5-12-6-15-7-13(16-12)17-8-10-3-1-2-4-11(10)9-17/h1-4,6-7H,5,8-9H2. The van der Waals surface area contributed by atoms with Crippen molar-refractivity contribution in [3.8, 4) is 0 Å². The summed E-state index contributed by atoms with van der Waals surface area (Å²) in [6.07, 6.45) is 3.50. The topological polar surface area (TPSA) is 29.0 Å². The summed E-state index contributed by atoms with van der Waals surface area (Å²) in [5.74, 6) is 1.31. The summed E-state index contributed by atoms with van der Waals surface area (Å²) in [4.78, 5) is 10.9. The Labute approximate surface area is 105 Å². The first kappa shape index (κ1) is 10.5. The molecule has 86 valence electrons. The molecule has 1 aliphatic rings. The highest BCUT2D eigenvalue weighted by Crippen LogP contribution is 2.26. The first-order valence-electron chi connectivity index (χ1n) is 5.55. The number of hydrogen-bond acceptors (Lipinski definition) is 3. The lowest BCUT2D eigenvalue weighted by molar-refractivity contribution is 0.843. The molecule has 0 spiro atoms. The fourth-order valence-corrected chi connectivity index (χ4v) is 2.24. The Morgan fingerprint density at radius 1 is 1.12 bits per heavy atom. The van der Waals surface area contributed by atoms with Gasteiger partial charge in [-0.1, -0.05) is 24.3 Å². The van der Waals surface area contributed by atoms with Gasteiger partial charge in [0.15, 0.2) is 0 Å². The van der Waals surface area contributed by atoms with Crippen LogP contribution in [0, 0.1) is 0 Å². The van der Waals surface area contributed by atoms with Crippen molar-refractivity contribution < 1.29 is 0 Å². The zero-order valence-electron chi connectivity index (χ0n) is 9.31. The number of fused-ring (bicyclic) bond motifs is 1. The molecule has 17 heavy (non-hydrogen) atoms. The predicted octanol–water partition coefficient (Wildman–Crippen LogP) is 2.74. The van der Waals surface area contributed by atoms with Crippen molar-refractivity contribution in [3.63, 3.8) is 0 Å². The van der Waals surface area contributed by atoms with Crippen molar-refractivity contribution in [1.29, 1.82) is 0 Å². The number of aromatic nitrogens is 2. The molecular weight excluding hydrogens is 234 g/mol.